The zero-order chi connectivity index (χ0) is 27.5. The Kier molecular flexibility index (Phi) is 7.09. The minimum absolute atomic E-state index is 0.0695. The number of aromatic nitrogens is 3. The Morgan fingerprint density at radius 2 is 1.98 bits per heavy atom. The van der Waals surface area contributed by atoms with Gasteiger partial charge in [0.15, 0.2) is 5.69 Å². The molecule has 2 aromatic carbocycles. The average Bonchev–Trinajstić information content (AvgIpc) is 3.38. The third-order valence-corrected chi connectivity index (χ3v) is 7.13. The van der Waals surface area contributed by atoms with E-state index in [-0.39, 0.29) is 11.6 Å². The summed E-state index contributed by atoms with van der Waals surface area (Å²) in [7, 11) is 0. The van der Waals surface area contributed by atoms with Crippen LogP contribution in [0.5, 0.6) is 11.5 Å². The summed E-state index contributed by atoms with van der Waals surface area (Å²) in [6.07, 6.45) is 6.41. The molecule has 0 bridgehead atoms. The fourth-order valence-electron chi connectivity index (χ4n) is 5.36. The van der Waals surface area contributed by atoms with Crippen molar-refractivity contribution < 1.29 is 19.4 Å². The van der Waals surface area contributed by atoms with Crippen LogP contribution in [0.3, 0.4) is 0 Å². The van der Waals surface area contributed by atoms with E-state index in [2.05, 4.69) is 15.0 Å². The van der Waals surface area contributed by atoms with Gasteiger partial charge in [0, 0.05) is 29.5 Å². The zero-order valence-electron chi connectivity index (χ0n) is 22.1. The summed E-state index contributed by atoms with van der Waals surface area (Å²) in [6, 6.07) is 19.1. The lowest BCUT2D eigenvalue weighted by Gasteiger charge is -2.25. The van der Waals surface area contributed by atoms with E-state index in [1.807, 2.05) is 78.5 Å². The number of rotatable bonds is 9. The predicted molar refractivity (Wildman–Crippen MR) is 152 cm³/mol. The molecule has 9 heteroatoms. The Bertz CT molecular complexity index is 1590. The summed E-state index contributed by atoms with van der Waals surface area (Å²) in [5, 5.41) is 14.8. The highest BCUT2D eigenvalue weighted by molar-refractivity contribution is 5.91. The number of pyridine rings is 1. The van der Waals surface area contributed by atoms with Crippen LogP contribution < -0.4 is 9.47 Å². The summed E-state index contributed by atoms with van der Waals surface area (Å²) in [5.74, 6) is 0.591. The third kappa shape index (κ3) is 4.98. The Labute approximate surface area is 231 Å². The molecule has 0 amide bonds. The molecule has 2 aromatic heterocycles. The number of aryl methyl sites for hydroxylation is 1. The zero-order valence-corrected chi connectivity index (χ0v) is 22.1. The van der Waals surface area contributed by atoms with Crippen molar-refractivity contribution in [1.29, 1.82) is 0 Å². The molecule has 0 fully saturated rings. The molecule has 0 spiro atoms. The van der Waals surface area contributed by atoms with Gasteiger partial charge in [0.05, 0.1) is 31.1 Å². The minimum atomic E-state index is -1.04. The van der Waals surface area contributed by atoms with Crippen molar-refractivity contribution in [3.63, 3.8) is 0 Å². The predicted octanol–water partition coefficient (Wildman–Crippen LogP) is 4.89. The molecule has 0 saturated heterocycles. The van der Waals surface area contributed by atoms with Gasteiger partial charge in [-0.25, -0.2) is 9.79 Å². The molecule has 0 radical (unpaired) electrons. The number of carboxylic acids is 1. The normalized spacial score (nSPS) is 16.2. The third-order valence-electron chi connectivity index (χ3n) is 7.13. The molecule has 40 heavy (non-hydrogen) atoms. The van der Waals surface area contributed by atoms with E-state index >= 15 is 0 Å². The van der Waals surface area contributed by atoms with Gasteiger partial charge in [-0.3, -0.25) is 14.7 Å². The fourth-order valence-corrected chi connectivity index (χ4v) is 5.36. The van der Waals surface area contributed by atoms with Crippen LogP contribution in [-0.2, 0) is 12.8 Å². The van der Waals surface area contributed by atoms with Gasteiger partial charge in [0.1, 0.15) is 23.9 Å². The molecule has 6 rings (SSSR count). The van der Waals surface area contributed by atoms with Gasteiger partial charge in [-0.1, -0.05) is 18.2 Å². The second kappa shape index (κ2) is 11.1. The topological polar surface area (TPSA) is 111 Å². The van der Waals surface area contributed by atoms with E-state index in [0.29, 0.717) is 32.6 Å². The molecule has 4 aromatic rings. The van der Waals surface area contributed by atoms with E-state index < -0.39 is 12.0 Å². The largest absolute Gasteiger partial charge is 0.494 e. The highest BCUT2D eigenvalue weighted by Crippen LogP contribution is 2.41. The van der Waals surface area contributed by atoms with Crippen molar-refractivity contribution in [3.8, 4) is 22.8 Å². The highest BCUT2D eigenvalue weighted by atomic mass is 16.5. The molecule has 1 aliphatic carbocycles. The number of aliphatic imine (C=N–C) groups is 2. The standard InChI is InChI=1S/C31H29N5O4/c1-2-39-23-7-5-6-22(15-23)29(27-8-3-4-13-34-27)36-30-25-12-10-24(40-18-20-16-32-19-33-17-20)14-21(25)9-11-26(30)28(35-36)31(37)38/h3-8,10,12-16,19-20,29H,2,9,11,17-18H2,1H3,(H,37,38). The first-order valence-electron chi connectivity index (χ1n) is 13.4. The molecule has 2 atom stereocenters. The quantitative estimate of drug-likeness (QED) is 0.327. The van der Waals surface area contributed by atoms with E-state index in [1.165, 1.54) is 0 Å². The van der Waals surface area contributed by atoms with Gasteiger partial charge in [0.2, 0.25) is 0 Å². The molecule has 202 valence electrons. The first-order chi connectivity index (χ1) is 19.6. The Balaban J connectivity index is 1.45. The number of carbonyl (C=O) groups is 1. The maximum Gasteiger partial charge on any atom is 0.356 e. The van der Waals surface area contributed by atoms with Crippen LogP contribution in [-0.4, -0.2) is 58.2 Å². The summed E-state index contributed by atoms with van der Waals surface area (Å²) in [4.78, 5) is 25.3. The van der Waals surface area contributed by atoms with Crippen LogP contribution in [0.25, 0.3) is 11.3 Å². The van der Waals surface area contributed by atoms with Crippen molar-refractivity contribution in [2.45, 2.75) is 25.8 Å². The summed E-state index contributed by atoms with van der Waals surface area (Å²) >= 11 is 0. The number of hydrogen-bond donors (Lipinski definition) is 1. The van der Waals surface area contributed by atoms with Gasteiger partial charge >= 0.3 is 5.97 Å². The molecule has 2 unspecified atom stereocenters. The van der Waals surface area contributed by atoms with Crippen molar-refractivity contribution in [2.75, 3.05) is 19.8 Å². The lowest BCUT2D eigenvalue weighted by atomic mass is 9.88. The maximum absolute atomic E-state index is 12.4. The molecule has 1 N–H and O–H groups in total. The lowest BCUT2D eigenvalue weighted by Crippen LogP contribution is -2.19. The van der Waals surface area contributed by atoms with E-state index in [9.17, 15) is 9.90 Å². The fraction of sp³-hybridized carbons (Fsp3) is 0.258. The van der Waals surface area contributed by atoms with E-state index in [1.54, 1.807) is 12.5 Å². The van der Waals surface area contributed by atoms with Crippen LogP contribution >= 0.6 is 0 Å². The molecule has 2 aliphatic rings. The molecular formula is C31H29N5O4. The molecule has 3 heterocycles. The number of carboxylic acid groups (broad SMARTS) is 1. The molecule has 1 aliphatic heterocycles. The average molecular weight is 536 g/mol. The van der Waals surface area contributed by atoms with Crippen molar-refractivity contribution >= 4 is 18.5 Å². The van der Waals surface area contributed by atoms with E-state index in [4.69, 9.17) is 14.6 Å². The van der Waals surface area contributed by atoms with Crippen LogP contribution in [0.15, 0.2) is 76.8 Å². The highest BCUT2D eigenvalue weighted by Gasteiger charge is 2.33. The van der Waals surface area contributed by atoms with Crippen molar-refractivity contribution in [2.24, 2.45) is 15.9 Å². The summed E-state index contributed by atoms with van der Waals surface area (Å²) < 4.78 is 13.7. The van der Waals surface area contributed by atoms with Crippen molar-refractivity contribution in [1.82, 2.24) is 14.8 Å². The SMILES string of the molecule is CCOc1cccc(C(c2ccccn2)n2nc(C(=O)O)c3c2-c2ccc(OCC4C=NC=NC4)cc2CC3)c1. The summed E-state index contributed by atoms with van der Waals surface area (Å²) in [6.45, 7) is 3.63. The van der Waals surface area contributed by atoms with Gasteiger partial charge in [-0.15, -0.1) is 0 Å². The monoisotopic (exact) mass is 535 g/mol. The van der Waals surface area contributed by atoms with Gasteiger partial charge in [-0.2, -0.15) is 5.10 Å². The number of ether oxygens (including phenoxy) is 2. The number of fused-ring (bicyclic) bond motifs is 3. The molecular weight excluding hydrogens is 506 g/mol. The first-order valence-corrected chi connectivity index (χ1v) is 13.4. The van der Waals surface area contributed by atoms with Crippen LogP contribution in [0.2, 0.25) is 0 Å². The molecule has 9 nitrogen and oxygen atoms in total. The molecule has 0 saturated carbocycles. The van der Waals surface area contributed by atoms with Crippen LogP contribution in [0.4, 0.5) is 0 Å². The number of aromatic carboxylic acids is 1. The van der Waals surface area contributed by atoms with Gasteiger partial charge in [-0.05, 0) is 73.4 Å². The van der Waals surface area contributed by atoms with Gasteiger partial charge in [0.25, 0.3) is 0 Å². The number of nitrogens with zero attached hydrogens (tertiary/aromatic N) is 5. The minimum Gasteiger partial charge on any atom is -0.494 e. The summed E-state index contributed by atoms with van der Waals surface area (Å²) in [5.41, 5.74) is 5.27. The van der Waals surface area contributed by atoms with Gasteiger partial charge < -0.3 is 14.6 Å². The smallest absolute Gasteiger partial charge is 0.356 e. The lowest BCUT2D eigenvalue weighted by molar-refractivity contribution is 0.0688. The van der Waals surface area contributed by atoms with Crippen LogP contribution in [0, 0.1) is 5.92 Å². The van der Waals surface area contributed by atoms with Crippen LogP contribution in [0.1, 0.15) is 45.8 Å². The first kappa shape index (κ1) is 25.5. The number of benzene rings is 2. The number of hydrogen-bond acceptors (Lipinski definition) is 7. The van der Waals surface area contributed by atoms with Crippen molar-refractivity contribution in [3.05, 3.63) is 94.9 Å². The Morgan fingerprint density at radius 3 is 2.75 bits per heavy atom. The Hall–Kier alpha value is -4.79. The van der Waals surface area contributed by atoms with E-state index in [0.717, 1.165) is 45.1 Å². The second-order valence-electron chi connectivity index (χ2n) is 9.76. The maximum atomic E-state index is 12.4. The Morgan fingerprint density at radius 1 is 1.07 bits per heavy atom. The second-order valence-corrected chi connectivity index (χ2v) is 9.76.